The summed E-state index contributed by atoms with van der Waals surface area (Å²) in [6.07, 6.45) is 6.10. The van der Waals surface area contributed by atoms with E-state index in [1.807, 2.05) is 60.7 Å². The molecule has 1 saturated heterocycles. The van der Waals surface area contributed by atoms with Gasteiger partial charge in [-0.25, -0.2) is 0 Å². The zero-order valence-corrected chi connectivity index (χ0v) is 22.8. The van der Waals surface area contributed by atoms with Crippen LogP contribution in [0.2, 0.25) is 0 Å². The number of carbonyl (C=O) groups excluding carboxylic acids is 2. The Morgan fingerprint density at radius 2 is 0.923 bits per heavy atom. The summed E-state index contributed by atoms with van der Waals surface area (Å²) in [5.74, 6) is -0.878. The maximum absolute atomic E-state index is 13.9. The number of hydrogen-bond donors (Lipinski definition) is 0. The average molecular weight is 546 g/mol. The fourth-order valence-corrected chi connectivity index (χ4v) is 13.5. The Balaban J connectivity index is 1.47. The van der Waals surface area contributed by atoms with E-state index >= 15 is 0 Å². The Morgan fingerprint density at radius 1 is 0.538 bits per heavy atom. The van der Waals surface area contributed by atoms with E-state index in [4.69, 9.17) is 6.64 Å². The second-order valence-electron chi connectivity index (χ2n) is 10.3. The van der Waals surface area contributed by atoms with E-state index in [1.54, 1.807) is 24.3 Å². The van der Waals surface area contributed by atoms with Gasteiger partial charge in [-0.1, -0.05) is 0 Å². The first kappa shape index (κ1) is 24.1. The quantitative estimate of drug-likeness (QED) is 0.246. The first-order valence-corrected chi connectivity index (χ1v) is 16.4. The van der Waals surface area contributed by atoms with Crippen LogP contribution < -0.4 is 0 Å². The van der Waals surface area contributed by atoms with E-state index in [-0.39, 0.29) is 8.45 Å². The van der Waals surface area contributed by atoms with E-state index in [1.165, 1.54) is 11.1 Å². The van der Waals surface area contributed by atoms with Gasteiger partial charge in [0.05, 0.1) is 0 Å². The van der Waals surface area contributed by atoms with Crippen molar-refractivity contribution in [2.75, 3.05) is 0 Å². The Kier molecular flexibility index (Phi) is 5.95. The molecule has 0 N–H and O–H groups in total. The second-order valence-corrected chi connectivity index (χ2v) is 15.0. The van der Waals surface area contributed by atoms with Crippen LogP contribution in [0.25, 0.3) is 12.2 Å². The fraction of sp³-hybridized carbons (Fsp3) is 0.118. The van der Waals surface area contributed by atoms with E-state index in [0.717, 1.165) is 35.1 Å². The third-order valence-electron chi connectivity index (χ3n) is 8.07. The van der Waals surface area contributed by atoms with Crippen molar-refractivity contribution >= 4 is 24.1 Å². The molecule has 0 radical (unpaired) electrons. The van der Waals surface area contributed by atoms with Crippen LogP contribution >= 0.6 is 0 Å². The molecule has 3 aliphatic rings. The first-order valence-electron chi connectivity index (χ1n) is 13.3. The number of benzene rings is 4. The van der Waals surface area contributed by atoms with Crippen LogP contribution in [0.5, 0.6) is 0 Å². The van der Waals surface area contributed by atoms with Gasteiger partial charge in [0, 0.05) is 0 Å². The van der Waals surface area contributed by atoms with Gasteiger partial charge >= 0.3 is 233 Å². The molecule has 5 heteroatoms. The summed E-state index contributed by atoms with van der Waals surface area (Å²) in [5, 5.41) is 0. The third-order valence-corrected chi connectivity index (χ3v) is 14.3. The summed E-state index contributed by atoms with van der Waals surface area (Å²) in [6, 6.07) is 34.6. The predicted molar refractivity (Wildman–Crippen MR) is 147 cm³/mol. The summed E-state index contributed by atoms with van der Waals surface area (Å²) >= 11 is -4.59. The van der Waals surface area contributed by atoms with Crippen LogP contribution in [0.1, 0.15) is 64.3 Å². The molecular weight excluding hydrogens is 520 g/mol. The first-order chi connectivity index (χ1) is 19.1. The van der Waals surface area contributed by atoms with Crippen molar-refractivity contribution in [1.82, 2.24) is 0 Å². The van der Waals surface area contributed by atoms with Gasteiger partial charge in [-0.15, -0.1) is 0 Å². The summed E-state index contributed by atoms with van der Waals surface area (Å²) in [7, 11) is 0. The molecule has 0 saturated carbocycles. The SMILES string of the molecule is O=C([O][Ti]1([O]C(=O)c2ccccc2)[CH]2C(=Cc3ccccc32)CCC2=Cc3ccccc3[CH]21)c1ccccc1. The Labute approximate surface area is 231 Å². The molecule has 4 aromatic carbocycles. The van der Waals surface area contributed by atoms with Crippen LogP contribution in [0.4, 0.5) is 0 Å². The van der Waals surface area contributed by atoms with Gasteiger partial charge in [0.1, 0.15) is 0 Å². The average Bonchev–Trinajstić information content (AvgIpc) is 3.52. The van der Waals surface area contributed by atoms with Gasteiger partial charge in [-0.2, -0.15) is 0 Å². The summed E-state index contributed by atoms with van der Waals surface area (Å²) in [4.78, 5) is 27.9. The third kappa shape index (κ3) is 4.03. The zero-order valence-electron chi connectivity index (χ0n) is 21.2. The molecule has 0 spiro atoms. The van der Waals surface area contributed by atoms with Crippen LogP contribution in [-0.2, 0) is 24.0 Å². The molecule has 0 bridgehead atoms. The van der Waals surface area contributed by atoms with E-state index in [2.05, 4.69) is 36.4 Å². The molecule has 4 nitrogen and oxygen atoms in total. The van der Waals surface area contributed by atoms with Crippen LogP contribution in [0.15, 0.2) is 120 Å². The molecule has 2 unspecified atom stereocenters. The number of carbonyl (C=O) groups is 2. The van der Waals surface area contributed by atoms with Crippen molar-refractivity contribution in [2.45, 2.75) is 21.3 Å². The Morgan fingerprint density at radius 3 is 1.36 bits per heavy atom. The molecule has 39 heavy (non-hydrogen) atoms. The molecule has 0 amide bonds. The van der Waals surface area contributed by atoms with E-state index in [9.17, 15) is 9.59 Å². The van der Waals surface area contributed by atoms with Crippen molar-refractivity contribution in [2.24, 2.45) is 0 Å². The molecule has 1 heterocycles. The van der Waals surface area contributed by atoms with Crippen molar-refractivity contribution in [3.8, 4) is 0 Å². The molecule has 7 rings (SSSR count). The van der Waals surface area contributed by atoms with E-state index in [0.29, 0.717) is 11.1 Å². The Bertz CT molecular complexity index is 1530. The molecule has 2 aliphatic carbocycles. The molecule has 4 aromatic rings. The maximum atomic E-state index is 13.9. The molecule has 1 aliphatic heterocycles. The number of fused-ring (bicyclic) bond motifs is 6. The molecule has 1 fully saturated rings. The normalized spacial score (nSPS) is 19.8. The van der Waals surface area contributed by atoms with Crippen LogP contribution in [0, 0.1) is 0 Å². The van der Waals surface area contributed by atoms with Crippen molar-refractivity contribution in [3.05, 3.63) is 154 Å². The fourth-order valence-electron chi connectivity index (χ4n) is 6.43. The van der Waals surface area contributed by atoms with Crippen molar-refractivity contribution in [1.29, 1.82) is 0 Å². The summed E-state index contributed by atoms with van der Waals surface area (Å²) in [5.41, 5.74) is 7.67. The second kappa shape index (κ2) is 9.64. The monoisotopic (exact) mass is 546 g/mol. The Hall–Kier alpha value is -3.99. The van der Waals surface area contributed by atoms with Gasteiger partial charge in [-0.3, -0.25) is 0 Å². The summed E-state index contributed by atoms with van der Waals surface area (Å²) < 4.78 is 13.1. The number of hydrogen-bond acceptors (Lipinski definition) is 4. The van der Waals surface area contributed by atoms with Gasteiger partial charge in [0.25, 0.3) is 0 Å². The molecular formula is C34H26O4Ti. The van der Waals surface area contributed by atoms with Gasteiger partial charge in [0.15, 0.2) is 0 Å². The topological polar surface area (TPSA) is 52.6 Å². The molecule has 2 atom stereocenters. The standard InChI is InChI=1S/C20H16.2C7H6O2.Ti/c1-2-6-18-12-15(11-17(18)5-1)9-10-16-13-19-7-3-4-8-20(19)14-16;2*8-7(9)6-4-2-1-3-5-6;/h1-8,11-14H,9-10H2;2*1-5H,(H,8,9);/q;;;+2/p-2. The molecule has 0 aromatic heterocycles. The van der Waals surface area contributed by atoms with Crippen molar-refractivity contribution in [3.63, 3.8) is 0 Å². The minimum absolute atomic E-state index is 0.261. The number of allylic oxidation sites excluding steroid dienone is 2. The van der Waals surface area contributed by atoms with Crippen molar-refractivity contribution < 1.29 is 33.6 Å². The number of rotatable bonds is 4. The van der Waals surface area contributed by atoms with Gasteiger partial charge < -0.3 is 0 Å². The molecule has 190 valence electrons. The summed E-state index contributed by atoms with van der Waals surface area (Å²) in [6.45, 7) is 0. The zero-order chi connectivity index (χ0) is 26.4. The van der Waals surface area contributed by atoms with E-state index < -0.39 is 29.3 Å². The van der Waals surface area contributed by atoms with Crippen LogP contribution in [-0.4, -0.2) is 11.9 Å². The van der Waals surface area contributed by atoms with Gasteiger partial charge in [-0.05, 0) is 0 Å². The van der Waals surface area contributed by atoms with Gasteiger partial charge in [0.2, 0.25) is 0 Å². The van der Waals surface area contributed by atoms with Crippen LogP contribution in [0.3, 0.4) is 0 Å². The predicted octanol–water partition coefficient (Wildman–Crippen LogP) is 7.75. The minimum atomic E-state index is -4.59.